The molecule has 1 fully saturated rings. The van der Waals surface area contributed by atoms with Gasteiger partial charge in [0.05, 0.1) is 29.6 Å². The Morgan fingerprint density at radius 3 is 2.74 bits per heavy atom. The van der Waals surface area contributed by atoms with Crippen molar-refractivity contribution in [2.24, 2.45) is 5.73 Å². The van der Waals surface area contributed by atoms with Gasteiger partial charge in [0, 0.05) is 19.3 Å². The van der Waals surface area contributed by atoms with E-state index >= 15 is 0 Å². The first-order valence-corrected chi connectivity index (χ1v) is 8.89. The smallest absolute Gasteiger partial charge is 0.311 e. The van der Waals surface area contributed by atoms with Crippen molar-refractivity contribution in [1.29, 1.82) is 0 Å². The molecule has 0 saturated carbocycles. The number of likely N-dealkylation sites (tertiary alicyclic amines) is 1. The Balaban J connectivity index is 1.39. The molecule has 2 amide bonds. The van der Waals surface area contributed by atoms with E-state index in [4.69, 9.17) is 5.73 Å². The largest absolute Gasteiger partial charge is 0.342 e. The summed E-state index contributed by atoms with van der Waals surface area (Å²) in [7, 11) is 0. The molecule has 27 heavy (non-hydrogen) atoms. The van der Waals surface area contributed by atoms with Gasteiger partial charge >= 0.3 is 11.8 Å². The van der Waals surface area contributed by atoms with E-state index < -0.39 is 17.4 Å². The summed E-state index contributed by atoms with van der Waals surface area (Å²) in [4.78, 5) is 30.7. The zero-order valence-electron chi connectivity index (χ0n) is 14.8. The molecule has 0 spiro atoms. The molecule has 0 bridgehead atoms. The molecule has 1 atom stereocenters. The molecule has 0 radical (unpaired) electrons. The molecule has 0 aliphatic carbocycles. The molecule has 7 heteroatoms. The monoisotopic (exact) mass is 363 g/mol. The number of hydrogen-bond acceptors (Lipinski definition) is 4. The van der Waals surface area contributed by atoms with Crippen LogP contribution in [0.1, 0.15) is 17.7 Å². The van der Waals surface area contributed by atoms with Gasteiger partial charge in [-0.2, -0.15) is 0 Å². The van der Waals surface area contributed by atoms with Crippen LogP contribution in [-0.2, 0) is 21.7 Å². The maximum absolute atomic E-state index is 12.5. The summed E-state index contributed by atoms with van der Waals surface area (Å²) < 4.78 is 1.87. The highest BCUT2D eigenvalue weighted by Crippen LogP contribution is 2.29. The van der Waals surface area contributed by atoms with Crippen molar-refractivity contribution in [2.45, 2.75) is 18.5 Å². The van der Waals surface area contributed by atoms with E-state index in [1.807, 2.05) is 59.1 Å². The number of carbonyl (C=O) groups excluding carboxylic acids is 2. The van der Waals surface area contributed by atoms with Crippen LogP contribution in [0.5, 0.6) is 0 Å². The summed E-state index contributed by atoms with van der Waals surface area (Å²) in [5.74, 6) is -1.19. The Morgan fingerprint density at radius 2 is 1.93 bits per heavy atom. The van der Waals surface area contributed by atoms with Crippen LogP contribution >= 0.6 is 0 Å². The standard InChI is InChI=1S/C20H21N5O2/c21-20(15-6-2-1-3-7-15)9-11-24(13-20)19(27)18(26)22-12-16-17-8-4-5-10-25(17)14-23-16/h1-8,10,14H,9,11-13,21H2,(H,22,26). The van der Waals surface area contributed by atoms with Crippen LogP contribution < -0.4 is 11.1 Å². The van der Waals surface area contributed by atoms with E-state index in [-0.39, 0.29) is 6.54 Å². The highest BCUT2D eigenvalue weighted by Gasteiger charge is 2.39. The van der Waals surface area contributed by atoms with Crippen molar-refractivity contribution in [3.05, 3.63) is 72.3 Å². The minimum Gasteiger partial charge on any atom is -0.342 e. The zero-order valence-corrected chi connectivity index (χ0v) is 14.8. The molecule has 3 N–H and O–H groups in total. The lowest BCUT2D eigenvalue weighted by Gasteiger charge is -2.25. The van der Waals surface area contributed by atoms with E-state index in [1.165, 1.54) is 4.90 Å². The molecular weight excluding hydrogens is 342 g/mol. The zero-order chi connectivity index (χ0) is 18.9. The fraction of sp³-hybridized carbons (Fsp3) is 0.250. The third-order valence-electron chi connectivity index (χ3n) is 5.07. The van der Waals surface area contributed by atoms with Crippen LogP contribution in [-0.4, -0.2) is 39.2 Å². The van der Waals surface area contributed by atoms with Gasteiger partial charge < -0.3 is 20.4 Å². The van der Waals surface area contributed by atoms with Gasteiger partial charge in [-0.25, -0.2) is 4.98 Å². The van der Waals surface area contributed by atoms with Gasteiger partial charge in [0.2, 0.25) is 0 Å². The number of fused-ring (bicyclic) bond motifs is 1. The van der Waals surface area contributed by atoms with Gasteiger partial charge in [-0.05, 0) is 24.1 Å². The number of amides is 2. The van der Waals surface area contributed by atoms with E-state index in [2.05, 4.69) is 10.3 Å². The van der Waals surface area contributed by atoms with Gasteiger partial charge in [0.1, 0.15) is 0 Å². The number of benzene rings is 1. The molecule has 3 heterocycles. The molecule has 4 rings (SSSR count). The van der Waals surface area contributed by atoms with Crippen LogP contribution in [0, 0.1) is 0 Å². The van der Waals surface area contributed by atoms with E-state index in [0.29, 0.717) is 19.5 Å². The molecular formula is C20H21N5O2. The second-order valence-electron chi connectivity index (χ2n) is 6.87. The number of rotatable bonds is 3. The SMILES string of the molecule is NC1(c2ccccc2)CCN(C(=O)C(=O)NCc2ncn3ccccc23)C1. The van der Waals surface area contributed by atoms with Gasteiger partial charge in [-0.15, -0.1) is 0 Å². The maximum atomic E-state index is 12.5. The second-order valence-corrected chi connectivity index (χ2v) is 6.87. The number of hydrogen-bond donors (Lipinski definition) is 2. The average molecular weight is 363 g/mol. The highest BCUT2D eigenvalue weighted by atomic mass is 16.2. The first kappa shape index (κ1) is 17.2. The lowest BCUT2D eigenvalue weighted by atomic mass is 9.90. The minimum atomic E-state index is -0.635. The Hall–Kier alpha value is -3.19. The number of imidazole rings is 1. The Bertz CT molecular complexity index is 984. The molecule has 138 valence electrons. The fourth-order valence-corrected chi connectivity index (χ4v) is 3.53. The minimum absolute atomic E-state index is 0.200. The van der Waals surface area contributed by atoms with Crippen molar-refractivity contribution in [3.63, 3.8) is 0 Å². The molecule has 1 saturated heterocycles. The number of nitrogens with zero attached hydrogens (tertiary/aromatic N) is 3. The molecule has 1 aromatic carbocycles. The van der Waals surface area contributed by atoms with Crippen LogP contribution in [0.4, 0.5) is 0 Å². The quantitative estimate of drug-likeness (QED) is 0.680. The van der Waals surface area contributed by atoms with Gasteiger partial charge in [-0.1, -0.05) is 36.4 Å². The summed E-state index contributed by atoms with van der Waals surface area (Å²) in [5.41, 5.74) is 8.46. The Kier molecular flexibility index (Phi) is 4.37. The summed E-state index contributed by atoms with van der Waals surface area (Å²) in [6, 6.07) is 15.4. The predicted octanol–water partition coefficient (Wildman–Crippen LogP) is 1.04. The van der Waals surface area contributed by atoms with Crippen molar-refractivity contribution >= 4 is 17.3 Å². The van der Waals surface area contributed by atoms with Crippen LogP contribution in [0.25, 0.3) is 5.52 Å². The van der Waals surface area contributed by atoms with Gasteiger partial charge in [0.15, 0.2) is 0 Å². The molecule has 2 aromatic heterocycles. The predicted molar refractivity (Wildman–Crippen MR) is 101 cm³/mol. The van der Waals surface area contributed by atoms with Crippen molar-refractivity contribution < 1.29 is 9.59 Å². The van der Waals surface area contributed by atoms with Crippen molar-refractivity contribution in [2.75, 3.05) is 13.1 Å². The lowest BCUT2D eigenvalue weighted by Crippen LogP contribution is -2.45. The summed E-state index contributed by atoms with van der Waals surface area (Å²) in [6.45, 7) is 0.993. The third kappa shape index (κ3) is 3.29. The van der Waals surface area contributed by atoms with Gasteiger partial charge in [0.25, 0.3) is 0 Å². The first-order valence-electron chi connectivity index (χ1n) is 8.89. The Labute approximate surface area is 156 Å². The normalized spacial score (nSPS) is 19.4. The highest BCUT2D eigenvalue weighted by molar-refractivity contribution is 6.35. The van der Waals surface area contributed by atoms with Crippen LogP contribution in [0.2, 0.25) is 0 Å². The topological polar surface area (TPSA) is 92.7 Å². The van der Waals surface area contributed by atoms with E-state index in [9.17, 15) is 9.59 Å². The van der Waals surface area contributed by atoms with E-state index in [0.717, 1.165) is 16.8 Å². The Morgan fingerprint density at radius 1 is 1.15 bits per heavy atom. The molecule has 1 aliphatic rings. The maximum Gasteiger partial charge on any atom is 0.311 e. The van der Waals surface area contributed by atoms with Crippen molar-refractivity contribution in [3.8, 4) is 0 Å². The summed E-state index contributed by atoms with van der Waals surface area (Å²) >= 11 is 0. The summed E-state index contributed by atoms with van der Waals surface area (Å²) in [6.07, 6.45) is 4.19. The number of nitrogens with one attached hydrogen (secondary N) is 1. The number of pyridine rings is 1. The number of nitrogens with two attached hydrogens (primary N) is 1. The van der Waals surface area contributed by atoms with E-state index in [1.54, 1.807) is 6.33 Å². The van der Waals surface area contributed by atoms with Gasteiger partial charge in [-0.3, -0.25) is 9.59 Å². The van der Waals surface area contributed by atoms with Crippen molar-refractivity contribution in [1.82, 2.24) is 19.6 Å². The molecule has 1 aliphatic heterocycles. The molecule has 3 aromatic rings. The number of aromatic nitrogens is 2. The number of carbonyl (C=O) groups is 2. The van der Waals surface area contributed by atoms with Crippen LogP contribution in [0.15, 0.2) is 61.1 Å². The third-order valence-corrected chi connectivity index (χ3v) is 5.07. The average Bonchev–Trinajstić information content (AvgIpc) is 3.31. The molecule has 7 nitrogen and oxygen atoms in total. The fourth-order valence-electron chi connectivity index (χ4n) is 3.53. The lowest BCUT2D eigenvalue weighted by molar-refractivity contribution is -0.145. The molecule has 1 unspecified atom stereocenters. The van der Waals surface area contributed by atoms with Crippen LogP contribution in [0.3, 0.4) is 0 Å². The summed E-state index contributed by atoms with van der Waals surface area (Å²) in [5, 5.41) is 2.67. The first-order chi connectivity index (χ1) is 13.1. The second kappa shape index (κ2) is 6.85.